The van der Waals surface area contributed by atoms with Gasteiger partial charge in [0.1, 0.15) is 0 Å². The van der Waals surface area contributed by atoms with E-state index < -0.39 is 16.0 Å². The average Bonchev–Trinajstić information content (AvgIpc) is 2.82. The number of hydrogen-bond acceptors (Lipinski definition) is 6. The second kappa shape index (κ2) is 6.85. The summed E-state index contributed by atoms with van der Waals surface area (Å²) in [6.07, 6.45) is 6.11. The Morgan fingerprint density at radius 2 is 1.95 bits per heavy atom. The monoisotopic (exact) mass is 332 g/mol. The van der Waals surface area contributed by atoms with Crippen LogP contribution in [0.3, 0.4) is 0 Å². The molecular formula is C13H20N2O4S2. The number of ether oxygens (including phenoxy) is 1. The fourth-order valence-electron chi connectivity index (χ4n) is 2.60. The van der Waals surface area contributed by atoms with E-state index in [9.17, 15) is 13.2 Å². The van der Waals surface area contributed by atoms with Crippen molar-refractivity contribution in [3.8, 4) is 0 Å². The molecule has 2 rings (SSSR count). The molecule has 1 aromatic rings. The van der Waals surface area contributed by atoms with Crippen LogP contribution in [0.4, 0.5) is 0 Å². The highest BCUT2D eigenvalue weighted by molar-refractivity contribution is 7.91. The van der Waals surface area contributed by atoms with Crippen molar-refractivity contribution >= 4 is 27.3 Å². The molecule has 0 spiro atoms. The van der Waals surface area contributed by atoms with Crippen LogP contribution in [0.2, 0.25) is 0 Å². The Morgan fingerprint density at radius 1 is 1.33 bits per heavy atom. The van der Waals surface area contributed by atoms with Gasteiger partial charge in [-0.05, 0) is 12.8 Å². The molecule has 1 saturated carbocycles. The number of rotatable bonds is 4. The predicted molar refractivity (Wildman–Crippen MR) is 79.9 cm³/mol. The molecule has 0 bridgehead atoms. The molecule has 1 aliphatic rings. The van der Waals surface area contributed by atoms with Gasteiger partial charge in [-0.1, -0.05) is 25.7 Å². The van der Waals surface area contributed by atoms with E-state index in [0.717, 1.165) is 49.9 Å². The number of nitrogens with zero attached hydrogens (tertiary/aromatic N) is 2. The fraction of sp³-hybridized carbons (Fsp3) is 0.692. The van der Waals surface area contributed by atoms with E-state index in [2.05, 4.69) is 9.72 Å². The van der Waals surface area contributed by atoms with E-state index in [4.69, 9.17) is 0 Å². The first-order valence-corrected chi connectivity index (χ1v) is 9.30. The number of aromatic nitrogens is 1. The maximum atomic E-state index is 12.7. The van der Waals surface area contributed by atoms with E-state index >= 15 is 0 Å². The summed E-state index contributed by atoms with van der Waals surface area (Å²) in [5.74, 6) is -0.718. The van der Waals surface area contributed by atoms with Crippen molar-refractivity contribution in [2.75, 3.05) is 14.2 Å². The van der Waals surface area contributed by atoms with Gasteiger partial charge in [0.05, 0.1) is 12.6 Å². The van der Waals surface area contributed by atoms with Crippen LogP contribution in [0.1, 0.15) is 49.0 Å². The van der Waals surface area contributed by atoms with Crippen molar-refractivity contribution < 1.29 is 17.9 Å². The minimum Gasteiger partial charge on any atom is -0.464 e. The Kier molecular flexibility index (Phi) is 5.34. The Bertz CT molecular complexity index is 589. The highest BCUT2D eigenvalue weighted by atomic mass is 32.2. The lowest BCUT2D eigenvalue weighted by Crippen LogP contribution is -2.37. The van der Waals surface area contributed by atoms with Crippen LogP contribution in [-0.4, -0.2) is 43.9 Å². The van der Waals surface area contributed by atoms with Gasteiger partial charge in [0.25, 0.3) is 10.0 Å². The SMILES string of the molecule is COC(=O)c1ncsc1S(=O)(=O)N(C)C1CCCCCC1. The van der Waals surface area contributed by atoms with Crippen LogP contribution in [0, 0.1) is 0 Å². The molecule has 21 heavy (non-hydrogen) atoms. The van der Waals surface area contributed by atoms with Gasteiger partial charge >= 0.3 is 5.97 Å². The lowest BCUT2D eigenvalue weighted by Gasteiger charge is -2.25. The summed E-state index contributed by atoms with van der Waals surface area (Å²) in [4.78, 5) is 15.5. The standard InChI is InChI=1S/C13H20N2O4S2/c1-15(10-7-5-3-4-6-8-10)21(17,18)13-11(12(16)19-2)14-9-20-13/h9-10H,3-8H2,1-2H3. The molecule has 0 N–H and O–H groups in total. The number of esters is 1. The zero-order valence-corrected chi connectivity index (χ0v) is 13.9. The minimum absolute atomic E-state index is 0.00917. The molecule has 1 heterocycles. The molecule has 0 radical (unpaired) electrons. The lowest BCUT2D eigenvalue weighted by atomic mass is 10.1. The van der Waals surface area contributed by atoms with Gasteiger partial charge in [0.2, 0.25) is 0 Å². The molecule has 118 valence electrons. The summed E-state index contributed by atoms with van der Waals surface area (Å²) in [5, 5.41) is 0. The molecule has 0 aliphatic heterocycles. The maximum Gasteiger partial charge on any atom is 0.358 e. The number of sulfonamides is 1. The Morgan fingerprint density at radius 3 is 2.52 bits per heavy atom. The molecule has 0 aromatic carbocycles. The first kappa shape index (κ1) is 16.4. The molecule has 1 aliphatic carbocycles. The maximum absolute atomic E-state index is 12.7. The highest BCUT2D eigenvalue weighted by Crippen LogP contribution is 2.29. The molecule has 0 atom stereocenters. The van der Waals surface area contributed by atoms with E-state index in [0.29, 0.717) is 0 Å². The van der Waals surface area contributed by atoms with Crippen molar-refractivity contribution in [3.63, 3.8) is 0 Å². The summed E-state index contributed by atoms with van der Waals surface area (Å²) in [5.41, 5.74) is 1.24. The smallest absolute Gasteiger partial charge is 0.358 e. The molecule has 0 saturated heterocycles. The first-order valence-electron chi connectivity index (χ1n) is 6.98. The van der Waals surface area contributed by atoms with Crippen LogP contribution < -0.4 is 0 Å². The normalized spacial score (nSPS) is 17.7. The second-order valence-electron chi connectivity index (χ2n) is 5.15. The van der Waals surface area contributed by atoms with Crippen LogP contribution in [0.25, 0.3) is 0 Å². The quantitative estimate of drug-likeness (QED) is 0.624. The van der Waals surface area contributed by atoms with Gasteiger partial charge in [-0.2, -0.15) is 4.31 Å². The van der Waals surface area contributed by atoms with Crippen molar-refractivity contribution in [3.05, 3.63) is 11.2 Å². The van der Waals surface area contributed by atoms with E-state index in [1.54, 1.807) is 7.05 Å². The second-order valence-corrected chi connectivity index (χ2v) is 8.19. The largest absolute Gasteiger partial charge is 0.464 e. The molecular weight excluding hydrogens is 312 g/mol. The molecule has 8 heteroatoms. The molecule has 1 fully saturated rings. The highest BCUT2D eigenvalue weighted by Gasteiger charge is 2.34. The summed E-state index contributed by atoms with van der Waals surface area (Å²) in [7, 11) is -0.904. The topological polar surface area (TPSA) is 76.6 Å². The number of carbonyl (C=O) groups excluding carboxylic acids is 1. The van der Waals surface area contributed by atoms with E-state index in [1.165, 1.54) is 16.9 Å². The number of hydrogen-bond donors (Lipinski definition) is 0. The predicted octanol–water partition coefficient (Wildman–Crippen LogP) is 2.27. The third-order valence-corrected chi connectivity index (χ3v) is 7.12. The fourth-order valence-corrected chi connectivity index (χ4v) is 5.31. The van der Waals surface area contributed by atoms with Gasteiger partial charge in [-0.3, -0.25) is 0 Å². The van der Waals surface area contributed by atoms with Crippen LogP contribution in [0.15, 0.2) is 9.72 Å². The van der Waals surface area contributed by atoms with E-state index in [1.807, 2.05) is 0 Å². The summed E-state index contributed by atoms with van der Waals surface area (Å²) < 4.78 is 31.4. The van der Waals surface area contributed by atoms with Gasteiger partial charge in [-0.15, -0.1) is 11.3 Å². The van der Waals surface area contributed by atoms with Crippen LogP contribution >= 0.6 is 11.3 Å². The third-order valence-electron chi connectivity index (χ3n) is 3.87. The van der Waals surface area contributed by atoms with Crippen molar-refractivity contribution in [1.82, 2.24) is 9.29 Å². The zero-order valence-electron chi connectivity index (χ0n) is 12.2. The number of carbonyl (C=O) groups is 1. The lowest BCUT2D eigenvalue weighted by molar-refractivity contribution is 0.0590. The van der Waals surface area contributed by atoms with Crippen molar-refractivity contribution in [1.29, 1.82) is 0 Å². The third kappa shape index (κ3) is 3.44. The Hall–Kier alpha value is -0.990. The van der Waals surface area contributed by atoms with Crippen molar-refractivity contribution in [2.24, 2.45) is 0 Å². The Labute approximate surface area is 129 Å². The van der Waals surface area contributed by atoms with Gasteiger partial charge in [-0.25, -0.2) is 18.2 Å². The molecule has 6 nitrogen and oxygen atoms in total. The number of methoxy groups -OCH3 is 1. The molecule has 0 amide bonds. The molecule has 1 aromatic heterocycles. The summed E-state index contributed by atoms with van der Waals surface area (Å²) >= 11 is 0.956. The van der Waals surface area contributed by atoms with Crippen LogP contribution in [0.5, 0.6) is 0 Å². The zero-order chi connectivity index (χ0) is 15.5. The van der Waals surface area contributed by atoms with Gasteiger partial charge in [0, 0.05) is 13.1 Å². The average molecular weight is 332 g/mol. The van der Waals surface area contributed by atoms with Crippen LogP contribution in [-0.2, 0) is 14.8 Å². The van der Waals surface area contributed by atoms with Gasteiger partial charge in [0.15, 0.2) is 9.90 Å². The molecule has 0 unspecified atom stereocenters. The van der Waals surface area contributed by atoms with Gasteiger partial charge < -0.3 is 4.74 Å². The minimum atomic E-state index is -3.71. The Balaban J connectivity index is 2.28. The van der Waals surface area contributed by atoms with Crippen molar-refractivity contribution in [2.45, 2.75) is 48.8 Å². The first-order chi connectivity index (χ1) is 9.98. The number of thiazole rings is 1. The summed E-state index contributed by atoms with van der Waals surface area (Å²) in [6.45, 7) is 0. The van der Waals surface area contributed by atoms with E-state index in [-0.39, 0.29) is 15.9 Å². The summed E-state index contributed by atoms with van der Waals surface area (Å²) in [6, 6.07) is -0.00917.